The Kier molecular flexibility index (Phi) is 4.36. The predicted molar refractivity (Wildman–Crippen MR) is 73.1 cm³/mol. The smallest absolute Gasteiger partial charge is 0.217 e. The van der Waals surface area contributed by atoms with Crippen molar-refractivity contribution in [3.63, 3.8) is 0 Å². The first-order valence-corrected chi connectivity index (χ1v) is 6.31. The fourth-order valence-corrected chi connectivity index (χ4v) is 2.07. The Morgan fingerprint density at radius 2 is 2.17 bits per heavy atom. The number of aromatic amines is 1. The van der Waals surface area contributed by atoms with Gasteiger partial charge in [0.1, 0.15) is 0 Å². The standard InChI is InChI=1S/C14H19N3O/c15-13(18)6-1-2-8-16-10-12-5-3-4-11-7-9-17-14(11)12/h3-5,7,9,16-17H,1-2,6,8,10H2,(H2,15,18). The van der Waals surface area contributed by atoms with Crippen LogP contribution in [0.5, 0.6) is 0 Å². The monoisotopic (exact) mass is 245 g/mol. The van der Waals surface area contributed by atoms with E-state index in [9.17, 15) is 4.79 Å². The summed E-state index contributed by atoms with van der Waals surface area (Å²) in [6.07, 6.45) is 4.27. The van der Waals surface area contributed by atoms with Gasteiger partial charge in [0, 0.05) is 24.7 Å². The third kappa shape index (κ3) is 3.34. The SMILES string of the molecule is NC(=O)CCCCNCc1cccc2cc[nH]c12. The van der Waals surface area contributed by atoms with Crippen molar-refractivity contribution in [2.24, 2.45) is 5.73 Å². The Balaban J connectivity index is 1.76. The van der Waals surface area contributed by atoms with Gasteiger partial charge in [-0.15, -0.1) is 0 Å². The van der Waals surface area contributed by atoms with E-state index >= 15 is 0 Å². The van der Waals surface area contributed by atoms with Gasteiger partial charge in [-0.2, -0.15) is 0 Å². The van der Waals surface area contributed by atoms with Crippen molar-refractivity contribution >= 4 is 16.8 Å². The largest absolute Gasteiger partial charge is 0.370 e. The fraction of sp³-hybridized carbons (Fsp3) is 0.357. The van der Waals surface area contributed by atoms with E-state index < -0.39 is 0 Å². The van der Waals surface area contributed by atoms with E-state index in [1.807, 2.05) is 6.20 Å². The molecule has 96 valence electrons. The molecule has 18 heavy (non-hydrogen) atoms. The van der Waals surface area contributed by atoms with Gasteiger partial charge in [-0.05, 0) is 36.4 Å². The maximum atomic E-state index is 10.6. The second-order valence-electron chi connectivity index (χ2n) is 4.46. The molecule has 1 aromatic carbocycles. The minimum atomic E-state index is -0.217. The van der Waals surface area contributed by atoms with Gasteiger partial charge in [0.2, 0.25) is 5.91 Å². The van der Waals surface area contributed by atoms with Crippen LogP contribution in [0.3, 0.4) is 0 Å². The molecule has 0 radical (unpaired) electrons. The molecular weight excluding hydrogens is 226 g/mol. The summed E-state index contributed by atoms with van der Waals surface area (Å²) in [5, 5.41) is 4.62. The quantitative estimate of drug-likeness (QED) is 0.652. The fourth-order valence-electron chi connectivity index (χ4n) is 2.07. The molecular formula is C14H19N3O. The van der Waals surface area contributed by atoms with E-state index in [2.05, 4.69) is 34.6 Å². The van der Waals surface area contributed by atoms with Crippen LogP contribution in [0.15, 0.2) is 30.5 Å². The summed E-state index contributed by atoms with van der Waals surface area (Å²) in [4.78, 5) is 13.8. The van der Waals surface area contributed by atoms with E-state index in [4.69, 9.17) is 5.73 Å². The zero-order chi connectivity index (χ0) is 12.8. The molecule has 0 spiro atoms. The number of fused-ring (bicyclic) bond motifs is 1. The zero-order valence-electron chi connectivity index (χ0n) is 10.4. The van der Waals surface area contributed by atoms with E-state index in [1.54, 1.807) is 0 Å². The Bertz CT molecular complexity index is 518. The lowest BCUT2D eigenvalue weighted by molar-refractivity contribution is -0.118. The van der Waals surface area contributed by atoms with E-state index in [0.29, 0.717) is 6.42 Å². The zero-order valence-corrected chi connectivity index (χ0v) is 10.4. The average Bonchev–Trinajstić information content (AvgIpc) is 2.82. The molecule has 0 bridgehead atoms. The maximum Gasteiger partial charge on any atom is 0.217 e. The van der Waals surface area contributed by atoms with E-state index in [1.165, 1.54) is 16.5 Å². The number of primary amides is 1. The highest BCUT2D eigenvalue weighted by Gasteiger charge is 2.01. The molecule has 2 aromatic rings. The Morgan fingerprint density at radius 1 is 1.28 bits per heavy atom. The minimum Gasteiger partial charge on any atom is -0.370 e. The summed E-state index contributed by atoms with van der Waals surface area (Å²) in [7, 11) is 0. The topological polar surface area (TPSA) is 70.9 Å². The molecule has 1 aromatic heterocycles. The normalized spacial score (nSPS) is 10.9. The number of benzene rings is 1. The van der Waals surface area contributed by atoms with Crippen molar-refractivity contribution in [3.05, 3.63) is 36.0 Å². The maximum absolute atomic E-state index is 10.6. The van der Waals surface area contributed by atoms with Gasteiger partial charge in [-0.3, -0.25) is 4.79 Å². The van der Waals surface area contributed by atoms with Gasteiger partial charge in [0.15, 0.2) is 0 Å². The third-order valence-corrected chi connectivity index (χ3v) is 3.02. The second-order valence-corrected chi connectivity index (χ2v) is 4.46. The molecule has 0 atom stereocenters. The van der Waals surface area contributed by atoms with Gasteiger partial charge in [0.25, 0.3) is 0 Å². The van der Waals surface area contributed by atoms with Crippen molar-refractivity contribution in [1.82, 2.24) is 10.3 Å². The summed E-state index contributed by atoms with van der Waals surface area (Å²) in [6, 6.07) is 8.36. The second kappa shape index (κ2) is 6.21. The molecule has 0 aliphatic carbocycles. The highest BCUT2D eigenvalue weighted by molar-refractivity contribution is 5.82. The van der Waals surface area contributed by atoms with Crippen LogP contribution >= 0.6 is 0 Å². The van der Waals surface area contributed by atoms with Gasteiger partial charge in [-0.1, -0.05) is 18.2 Å². The van der Waals surface area contributed by atoms with Crippen molar-refractivity contribution in [2.75, 3.05) is 6.54 Å². The lowest BCUT2D eigenvalue weighted by Gasteiger charge is -2.06. The number of rotatable bonds is 7. The molecule has 0 fully saturated rings. The molecule has 1 heterocycles. The van der Waals surface area contributed by atoms with Crippen LogP contribution in [0.1, 0.15) is 24.8 Å². The number of hydrogen-bond donors (Lipinski definition) is 3. The van der Waals surface area contributed by atoms with Gasteiger partial charge in [-0.25, -0.2) is 0 Å². The van der Waals surface area contributed by atoms with Crippen LogP contribution in [-0.2, 0) is 11.3 Å². The predicted octanol–water partition coefficient (Wildman–Crippen LogP) is 1.91. The van der Waals surface area contributed by atoms with Crippen LogP contribution < -0.4 is 11.1 Å². The Labute approximate surface area is 107 Å². The van der Waals surface area contributed by atoms with Crippen molar-refractivity contribution in [3.8, 4) is 0 Å². The first-order valence-electron chi connectivity index (χ1n) is 6.31. The summed E-state index contributed by atoms with van der Waals surface area (Å²) in [5.74, 6) is -0.217. The number of aromatic nitrogens is 1. The number of para-hydroxylation sites is 1. The number of nitrogens with two attached hydrogens (primary N) is 1. The summed E-state index contributed by atoms with van der Waals surface area (Å²) in [6.45, 7) is 1.75. The summed E-state index contributed by atoms with van der Waals surface area (Å²) < 4.78 is 0. The van der Waals surface area contributed by atoms with Crippen molar-refractivity contribution in [1.29, 1.82) is 0 Å². The van der Waals surface area contributed by atoms with Crippen LogP contribution in [0.4, 0.5) is 0 Å². The van der Waals surface area contributed by atoms with Crippen LogP contribution in [0, 0.1) is 0 Å². The molecule has 4 heteroatoms. The molecule has 4 nitrogen and oxygen atoms in total. The lowest BCUT2D eigenvalue weighted by Crippen LogP contribution is -2.16. The van der Waals surface area contributed by atoms with Crippen molar-refractivity contribution < 1.29 is 4.79 Å². The number of H-pyrrole nitrogens is 1. The van der Waals surface area contributed by atoms with E-state index in [-0.39, 0.29) is 5.91 Å². The average molecular weight is 245 g/mol. The summed E-state index contributed by atoms with van der Waals surface area (Å²) in [5.41, 5.74) is 7.55. The number of nitrogens with one attached hydrogen (secondary N) is 2. The summed E-state index contributed by atoms with van der Waals surface area (Å²) >= 11 is 0. The highest BCUT2D eigenvalue weighted by Crippen LogP contribution is 2.16. The number of carbonyl (C=O) groups is 1. The van der Waals surface area contributed by atoms with Gasteiger partial charge < -0.3 is 16.0 Å². The number of carbonyl (C=O) groups excluding carboxylic acids is 1. The number of amides is 1. The highest BCUT2D eigenvalue weighted by atomic mass is 16.1. The lowest BCUT2D eigenvalue weighted by atomic mass is 10.1. The van der Waals surface area contributed by atoms with Crippen LogP contribution in [0.2, 0.25) is 0 Å². The molecule has 0 saturated heterocycles. The van der Waals surface area contributed by atoms with Gasteiger partial charge in [0.05, 0.1) is 0 Å². The minimum absolute atomic E-state index is 0.217. The first-order chi connectivity index (χ1) is 8.77. The Morgan fingerprint density at radius 3 is 3.00 bits per heavy atom. The number of unbranched alkanes of at least 4 members (excludes halogenated alkanes) is 1. The molecule has 0 saturated carbocycles. The molecule has 0 aliphatic heterocycles. The van der Waals surface area contributed by atoms with Gasteiger partial charge >= 0.3 is 0 Å². The van der Waals surface area contributed by atoms with E-state index in [0.717, 1.165) is 25.9 Å². The third-order valence-electron chi connectivity index (χ3n) is 3.02. The molecule has 2 rings (SSSR count). The van der Waals surface area contributed by atoms with Crippen LogP contribution in [-0.4, -0.2) is 17.4 Å². The Hall–Kier alpha value is -1.81. The molecule has 0 aliphatic rings. The van der Waals surface area contributed by atoms with Crippen molar-refractivity contribution in [2.45, 2.75) is 25.8 Å². The number of hydrogen-bond acceptors (Lipinski definition) is 2. The molecule has 0 unspecified atom stereocenters. The first kappa shape index (κ1) is 12.6. The molecule has 4 N–H and O–H groups in total. The molecule has 1 amide bonds. The van der Waals surface area contributed by atoms with Crippen LogP contribution in [0.25, 0.3) is 10.9 Å².